The van der Waals surface area contributed by atoms with Gasteiger partial charge in [-0.3, -0.25) is 19.2 Å². The minimum Gasteiger partial charge on any atom is -0.484 e. The van der Waals surface area contributed by atoms with E-state index in [1.165, 1.54) is 30.0 Å². The summed E-state index contributed by atoms with van der Waals surface area (Å²) < 4.78 is 47.8. The quantitative estimate of drug-likeness (QED) is 0.359. The fraction of sp³-hybridized carbons (Fsp3) is 0.455. The Hall–Kier alpha value is -3.58. The van der Waals surface area contributed by atoms with Crippen LogP contribution in [0.15, 0.2) is 58.4 Å². The monoisotopic (exact) mass is 669 g/mol. The second kappa shape index (κ2) is 11.0. The first kappa shape index (κ1) is 29.8. The van der Waals surface area contributed by atoms with E-state index in [0.717, 1.165) is 70.1 Å². The smallest absolute Gasteiger partial charge is 0.418 e. The topological polar surface area (TPSA) is 99.8 Å². The van der Waals surface area contributed by atoms with Crippen LogP contribution in [0.5, 0.6) is 5.75 Å². The third-order valence-corrected chi connectivity index (χ3v) is 13.1. The maximum atomic E-state index is 14.0. The molecule has 1 N–H and O–H groups in total. The number of anilines is 1. The first-order chi connectivity index (χ1) is 22.1. The number of ether oxygens (including phenoxy) is 1. The highest BCUT2D eigenvalue weighted by Crippen LogP contribution is 2.69. The minimum atomic E-state index is -4.73. The van der Waals surface area contributed by atoms with Gasteiger partial charge in [-0.25, -0.2) is 4.90 Å². The molecule has 4 fully saturated rings. The van der Waals surface area contributed by atoms with Crippen molar-refractivity contribution in [3.05, 3.63) is 74.2 Å². The van der Waals surface area contributed by atoms with Gasteiger partial charge >= 0.3 is 11.0 Å². The lowest BCUT2D eigenvalue weighted by atomic mass is 9.68. The van der Waals surface area contributed by atoms with Crippen molar-refractivity contribution in [3.63, 3.8) is 0 Å². The van der Waals surface area contributed by atoms with Crippen molar-refractivity contribution in [1.82, 2.24) is 9.88 Å². The summed E-state index contributed by atoms with van der Waals surface area (Å²) in [6.45, 7) is 1.37. The first-order valence-electron chi connectivity index (χ1n) is 15.6. The molecule has 8 rings (SSSR count). The fourth-order valence-electron chi connectivity index (χ4n) is 8.71. The first-order valence-corrected chi connectivity index (χ1v) is 17.3. The van der Waals surface area contributed by atoms with Crippen molar-refractivity contribution in [2.24, 2.45) is 29.6 Å². The van der Waals surface area contributed by atoms with Crippen LogP contribution < -0.4 is 14.5 Å². The van der Waals surface area contributed by atoms with E-state index in [2.05, 4.69) is 4.98 Å². The Morgan fingerprint density at radius 3 is 2.46 bits per heavy atom. The largest absolute Gasteiger partial charge is 0.484 e. The number of carbonyl (C=O) groups excluding carboxylic acids is 3. The van der Waals surface area contributed by atoms with Gasteiger partial charge in [0.25, 0.3) is 5.91 Å². The molecule has 240 valence electrons. The third kappa shape index (κ3) is 4.63. The Bertz CT molecular complexity index is 1800. The summed E-state index contributed by atoms with van der Waals surface area (Å²) in [6.07, 6.45) is -1.04. The van der Waals surface area contributed by atoms with Crippen molar-refractivity contribution >= 4 is 46.5 Å². The Morgan fingerprint density at radius 2 is 1.70 bits per heavy atom. The van der Waals surface area contributed by atoms with Crippen LogP contribution in [-0.4, -0.2) is 52.6 Å². The number of likely N-dealkylation sites (tertiary alicyclic amines) is 1. The molecule has 2 saturated carbocycles. The van der Waals surface area contributed by atoms with Crippen LogP contribution in [0.3, 0.4) is 0 Å². The number of thioether (sulfide) groups is 1. The molecule has 3 amide bonds. The van der Waals surface area contributed by atoms with Crippen LogP contribution >= 0.6 is 23.1 Å². The summed E-state index contributed by atoms with van der Waals surface area (Å²) in [5, 5.41) is 0.613. The number of amides is 3. The van der Waals surface area contributed by atoms with Gasteiger partial charge in [-0.05, 0) is 73.3 Å². The number of hydrogen-bond donors (Lipinski definition) is 1. The predicted octanol–water partition coefficient (Wildman–Crippen LogP) is 5.52. The summed E-state index contributed by atoms with van der Waals surface area (Å²) >= 11 is 2.63. The number of thiazole rings is 1. The van der Waals surface area contributed by atoms with E-state index >= 15 is 0 Å². The number of fused-ring (bicyclic) bond motifs is 9. The predicted molar refractivity (Wildman–Crippen MR) is 165 cm³/mol. The summed E-state index contributed by atoms with van der Waals surface area (Å²) in [5.41, 5.74) is -0.558. The minimum absolute atomic E-state index is 0.0643. The molecule has 46 heavy (non-hydrogen) atoms. The summed E-state index contributed by atoms with van der Waals surface area (Å²) in [6, 6.07) is 12.2. The maximum Gasteiger partial charge on any atom is 0.418 e. The second-order valence-electron chi connectivity index (χ2n) is 12.8. The van der Waals surface area contributed by atoms with Gasteiger partial charge in [-0.2, -0.15) is 13.2 Å². The molecule has 4 heterocycles. The number of imide groups is 1. The lowest BCUT2D eigenvalue weighted by Crippen LogP contribution is -2.42. The zero-order chi connectivity index (χ0) is 31.9. The van der Waals surface area contributed by atoms with Crippen LogP contribution in [-0.2, 0) is 20.6 Å². The number of hydrogen-bond acceptors (Lipinski definition) is 7. The van der Waals surface area contributed by atoms with Gasteiger partial charge in [-0.1, -0.05) is 35.6 Å². The Labute approximate surface area is 270 Å². The number of benzene rings is 2. The molecular formula is C33H30F3N3O5S2. The molecule has 3 aromatic rings. The zero-order valence-electron chi connectivity index (χ0n) is 24.5. The number of H-pyrrole nitrogens is 1. The number of para-hydroxylation sites is 1. The van der Waals surface area contributed by atoms with E-state index in [4.69, 9.17) is 4.74 Å². The number of nitrogens with zero attached hydrogens (tertiary/aromatic N) is 2. The van der Waals surface area contributed by atoms with Crippen LogP contribution in [0.2, 0.25) is 0 Å². The van der Waals surface area contributed by atoms with Gasteiger partial charge < -0.3 is 14.6 Å². The van der Waals surface area contributed by atoms with Crippen LogP contribution in [0, 0.1) is 29.6 Å². The summed E-state index contributed by atoms with van der Waals surface area (Å²) in [5.74, 6) is -3.06. The summed E-state index contributed by atoms with van der Waals surface area (Å²) in [7, 11) is 0. The van der Waals surface area contributed by atoms with E-state index in [1.807, 2.05) is 23.1 Å². The number of aromatic nitrogens is 1. The van der Waals surface area contributed by atoms with Crippen molar-refractivity contribution in [1.29, 1.82) is 0 Å². The lowest BCUT2D eigenvalue weighted by molar-refractivity contribution is -0.137. The van der Waals surface area contributed by atoms with E-state index in [0.29, 0.717) is 12.2 Å². The molecule has 2 bridgehead atoms. The summed E-state index contributed by atoms with van der Waals surface area (Å²) in [4.78, 5) is 59.4. The highest BCUT2D eigenvalue weighted by molar-refractivity contribution is 8.00. The van der Waals surface area contributed by atoms with E-state index in [-0.39, 0.29) is 46.3 Å². The van der Waals surface area contributed by atoms with Crippen molar-refractivity contribution in [3.8, 4) is 5.75 Å². The molecular weight excluding hydrogens is 640 g/mol. The number of rotatable bonds is 5. The molecule has 5 aliphatic rings. The second-order valence-corrected chi connectivity index (χ2v) is 15.0. The molecule has 13 heteroatoms. The molecule has 0 spiro atoms. The Balaban J connectivity index is 1.12. The number of alkyl halides is 3. The van der Waals surface area contributed by atoms with Crippen molar-refractivity contribution < 1.29 is 32.3 Å². The normalized spacial score (nSPS) is 29.9. The number of halogens is 3. The molecule has 2 aromatic carbocycles. The zero-order valence-corrected chi connectivity index (χ0v) is 26.1. The van der Waals surface area contributed by atoms with E-state index < -0.39 is 41.1 Å². The SMILES string of the molecule is O=C(COc1cccc([C@H]2c3sc(=O)[nH]c3SC3C2[C@H]2C[C@@H]3C3C(=O)N(c4ccccc4C(F)(F)F)C(=O)C32)c1)N1CCCCC1. The van der Waals surface area contributed by atoms with Gasteiger partial charge in [0.2, 0.25) is 11.8 Å². The van der Waals surface area contributed by atoms with Gasteiger partial charge in [0.15, 0.2) is 6.61 Å². The van der Waals surface area contributed by atoms with Crippen molar-refractivity contribution in [2.75, 3.05) is 24.6 Å². The Morgan fingerprint density at radius 1 is 0.957 bits per heavy atom. The van der Waals surface area contributed by atoms with Gasteiger partial charge in [-0.15, -0.1) is 11.8 Å². The average Bonchev–Trinajstić information content (AvgIpc) is 3.78. The van der Waals surface area contributed by atoms with Crippen molar-refractivity contribution in [2.45, 2.75) is 48.1 Å². The molecule has 0 radical (unpaired) electrons. The molecule has 1 aromatic heterocycles. The standard InChI is InChI=1S/C33H30F3N3O5S2/c34-33(35,36)20-9-2-3-10-21(20)39-30(41)25-18-14-19(26(25)31(39)42)27-24(18)23(28-29(45-27)37-32(43)46-28)16-7-6-8-17(13-16)44-15-22(40)38-11-4-1-5-12-38/h2-3,6-10,13,18-19,23-27H,1,4-5,11-12,14-15H2,(H,37,43)/t18-,19-,23-,24?,25?,26?,27?/m1/s1. The van der Waals surface area contributed by atoms with Gasteiger partial charge in [0.1, 0.15) is 5.75 Å². The average molecular weight is 670 g/mol. The fourth-order valence-corrected chi connectivity index (χ4v) is 11.6. The van der Waals surface area contributed by atoms with Crippen LogP contribution in [0.1, 0.15) is 47.6 Å². The van der Waals surface area contributed by atoms with Crippen LogP contribution in [0.25, 0.3) is 0 Å². The number of carbonyl (C=O) groups is 3. The Kier molecular flexibility index (Phi) is 7.13. The molecule has 2 aliphatic carbocycles. The molecule has 7 atom stereocenters. The van der Waals surface area contributed by atoms with E-state index in [1.54, 1.807) is 6.07 Å². The number of aromatic amines is 1. The van der Waals surface area contributed by atoms with Gasteiger partial charge in [0, 0.05) is 29.1 Å². The molecule has 8 nitrogen and oxygen atoms in total. The highest BCUT2D eigenvalue weighted by atomic mass is 32.2. The lowest BCUT2D eigenvalue weighted by Gasteiger charge is -2.43. The highest BCUT2D eigenvalue weighted by Gasteiger charge is 2.70. The number of piperidine rings is 1. The van der Waals surface area contributed by atoms with Crippen LogP contribution in [0.4, 0.5) is 18.9 Å². The third-order valence-electron chi connectivity index (χ3n) is 10.5. The molecule has 3 aliphatic heterocycles. The maximum absolute atomic E-state index is 14.0. The van der Waals surface area contributed by atoms with E-state index in [9.17, 15) is 32.3 Å². The molecule has 2 saturated heterocycles. The molecule has 4 unspecified atom stereocenters. The van der Waals surface area contributed by atoms with Gasteiger partial charge in [0.05, 0.1) is 28.1 Å². The number of nitrogens with one attached hydrogen (secondary N) is 1.